The molecule has 0 heterocycles. The molecular weight excluding hydrogens is 242 g/mol. The summed E-state index contributed by atoms with van der Waals surface area (Å²) in [6, 6.07) is 13.3. The number of aldehydes is 1. The lowest BCUT2D eigenvalue weighted by molar-refractivity contribution is -0.384. The van der Waals surface area contributed by atoms with Gasteiger partial charge in [0.1, 0.15) is 0 Å². The zero-order valence-electron chi connectivity index (χ0n) is 9.87. The van der Waals surface area contributed by atoms with Crippen molar-refractivity contribution in [2.75, 3.05) is 0 Å². The van der Waals surface area contributed by atoms with E-state index in [9.17, 15) is 14.9 Å². The van der Waals surface area contributed by atoms with Crippen LogP contribution in [0, 0.1) is 22.0 Å². The van der Waals surface area contributed by atoms with Crippen molar-refractivity contribution in [3.8, 4) is 11.8 Å². The SMILES string of the molecule is O=Cc1cc([N+](=O)[O-])ccc1C#Cc1ccccc1. The number of non-ortho nitro benzene ring substituents is 1. The largest absolute Gasteiger partial charge is 0.298 e. The molecule has 2 aromatic carbocycles. The first kappa shape index (κ1) is 12.5. The van der Waals surface area contributed by atoms with E-state index in [1.54, 1.807) is 0 Å². The zero-order chi connectivity index (χ0) is 13.7. The Balaban J connectivity index is 2.39. The van der Waals surface area contributed by atoms with Gasteiger partial charge in [0, 0.05) is 28.8 Å². The van der Waals surface area contributed by atoms with E-state index in [2.05, 4.69) is 11.8 Å². The van der Waals surface area contributed by atoms with Gasteiger partial charge in [-0.3, -0.25) is 14.9 Å². The van der Waals surface area contributed by atoms with Crippen molar-refractivity contribution < 1.29 is 9.72 Å². The fourth-order valence-corrected chi connectivity index (χ4v) is 1.54. The molecule has 0 atom stereocenters. The summed E-state index contributed by atoms with van der Waals surface area (Å²) in [5.41, 5.74) is 1.40. The van der Waals surface area contributed by atoms with Crippen LogP contribution in [0.1, 0.15) is 21.5 Å². The van der Waals surface area contributed by atoms with Gasteiger partial charge in [0.05, 0.1) is 4.92 Å². The first-order valence-electron chi connectivity index (χ1n) is 5.51. The average molecular weight is 251 g/mol. The lowest BCUT2D eigenvalue weighted by Crippen LogP contribution is -1.93. The van der Waals surface area contributed by atoms with Crippen LogP contribution in [0.4, 0.5) is 5.69 Å². The fourth-order valence-electron chi connectivity index (χ4n) is 1.54. The van der Waals surface area contributed by atoms with E-state index >= 15 is 0 Å². The van der Waals surface area contributed by atoms with Crippen molar-refractivity contribution in [2.24, 2.45) is 0 Å². The second-order valence-electron chi connectivity index (χ2n) is 3.76. The number of carbonyl (C=O) groups is 1. The molecule has 4 heteroatoms. The minimum atomic E-state index is -0.540. The van der Waals surface area contributed by atoms with Gasteiger partial charge in [-0.25, -0.2) is 0 Å². The van der Waals surface area contributed by atoms with Crippen LogP contribution in [0.3, 0.4) is 0 Å². The van der Waals surface area contributed by atoms with Crippen molar-refractivity contribution >= 4 is 12.0 Å². The molecule has 2 aromatic rings. The summed E-state index contributed by atoms with van der Waals surface area (Å²) in [4.78, 5) is 21.0. The van der Waals surface area contributed by atoms with E-state index in [-0.39, 0.29) is 11.3 Å². The summed E-state index contributed by atoms with van der Waals surface area (Å²) in [6.07, 6.45) is 0.571. The highest BCUT2D eigenvalue weighted by Crippen LogP contribution is 2.16. The van der Waals surface area contributed by atoms with Gasteiger partial charge in [-0.1, -0.05) is 30.0 Å². The lowest BCUT2D eigenvalue weighted by atomic mass is 10.1. The Labute approximate surface area is 109 Å². The van der Waals surface area contributed by atoms with Crippen LogP contribution in [0.5, 0.6) is 0 Å². The summed E-state index contributed by atoms with van der Waals surface area (Å²) in [6.45, 7) is 0. The highest BCUT2D eigenvalue weighted by Gasteiger charge is 2.08. The standard InChI is InChI=1S/C15H9NO3/c17-11-14-10-15(16(18)19)9-8-13(14)7-6-12-4-2-1-3-5-12/h1-5,8-11H. The minimum absolute atomic E-state index is 0.118. The highest BCUT2D eigenvalue weighted by atomic mass is 16.6. The monoisotopic (exact) mass is 251 g/mol. The minimum Gasteiger partial charge on any atom is -0.298 e. The molecule has 0 radical (unpaired) electrons. The van der Waals surface area contributed by atoms with E-state index in [0.29, 0.717) is 11.8 Å². The second-order valence-corrected chi connectivity index (χ2v) is 3.76. The number of nitro groups is 1. The molecule has 0 fully saturated rings. The van der Waals surface area contributed by atoms with Gasteiger partial charge in [0.2, 0.25) is 0 Å². The molecule has 0 aromatic heterocycles. The maximum atomic E-state index is 10.9. The molecule has 0 saturated carbocycles. The number of nitrogens with zero attached hydrogens (tertiary/aromatic N) is 1. The molecule has 92 valence electrons. The predicted octanol–water partition coefficient (Wildman–Crippen LogP) is 2.81. The van der Waals surface area contributed by atoms with Gasteiger partial charge in [-0.2, -0.15) is 0 Å². The van der Waals surface area contributed by atoms with Gasteiger partial charge in [0.15, 0.2) is 6.29 Å². The van der Waals surface area contributed by atoms with E-state index in [0.717, 1.165) is 5.56 Å². The maximum absolute atomic E-state index is 10.9. The van der Waals surface area contributed by atoms with Crippen LogP contribution >= 0.6 is 0 Å². The van der Waals surface area contributed by atoms with Crippen molar-refractivity contribution in [3.05, 3.63) is 75.3 Å². The molecule has 0 unspecified atom stereocenters. The first-order valence-corrected chi connectivity index (χ1v) is 5.51. The molecule has 0 bridgehead atoms. The molecule has 19 heavy (non-hydrogen) atoms. The van der Waals surface area contributed by atoms with E-state index in [4.69, 9.17) is 0 Å². The summed E-state index contributed by atoms with van der Waals surface area (Å²) in [7, 11) is 0. The molecule has 4 nitrogen and oxygen atoms in total. The third-order valence-electron chi connectivity index (χ3n) is 2.49. The Hall–Kier alpha value is -2.93. The Kier molecular flexibility index (Phi) is 3.70. The molecule has 0 N–H and O–H groups in total. The summed E-state index contributed by atoms with van der Waals surface area (Å²) < 4.78 is 0. The maximum Gasteiger partial charge on any atom is 0.270 e. The Bertz CT molecular complexity index is 682. The molecule has 2 rings (SSSR count). The van der Waals surface area contributed by atoms with Crippen LogP contribution < -0.4 is 0 Å². The van der Waals surface area contributed by atoms with Crippen LogP contribution in [0.15, 0.2) is 48.5 Å². The van der Waals surface area contributed by atoms with Gasteiger partial charge < -0.3 is 0 Å². The Morgan fingerprint density at radius 3 is 2.42 bits per heavy atom. The van der Waals surface area contributed by atoms with Crippen LogP contribution in [-0.4, -0.2) is 11.2 Å². The lowest BCUT2D eigenvalue weighted by Gasteiger charge is -1.96. The first-order chi connectivity index (χ1) is 9.20. The van der Waals surface area contributed by atoms with E-state index in [1.807, 2.05) is 30.3 Å². The third-order valence-corrected chi connectivity index (χ3v) is 2.49. The average Bonchev–Trinajstić information content (AvgIpc) is 2.45. The number of carbonyl (C=O) groups excluding carboxylic acids is 1. The Morgan fingerprint density at radius 1 is 1.05 bits per heavy atom. The van der Waals surface area contributed by atoms with Crippen LogP contribution in [-0.2, 0) is 0 Å². The summed E-state index contributed by atoms with van der Waals surface area (Å²) in [5, 5.41) is 10.6. The van der Waals surface area contributed by atoms with Crippen LogP contribution in [0.25, 0.3) is 0 Å². The Morgan fingerprint density at radius 2 is 1.79 bits per heavy atom. The number of benzene rings is 2. The summed E-state index contributed by atoms with van der Waals surface area (Å²) in [5.74, 6) is 5.75. The number of hydrogen-bond acceptors (Lipinski definition) is 3. The topological polar surface area (TPSA) is 60.2 Å². The quantitative estimate of drug-likeness (QED) is 0.357. The highest BCUT2D eigenvalue weighted by molar-refractivity contribution is 5.81. The van der Waals surface area contributed by atoms with Gasteiger partial charge in [-0.15, -0.1) is 0 Å². The molecule has 0 aliphatic carbocycles. The fraction of sp³-hybridized carbons (Fsp3) is 0. The molecule has 0 amide bonds. The zero-order valence-corrected chi connectivity index (χ0v) is 9.87. The third kappa shape index (κ3) is 3.05. The smallest absolute Gasteiger partial charge is 0.270 e. The summed E-state index contributed by atoms with van der Waals surface area (Å²) >= 11 is 0. The number of nitro benzene ring substituents is 1. The van der Waals surface area contributed by atoms with Crippen LogP contribution in [0.2, 0.25) is 0 Å². The molecule has 0 spiro atoms. The van der Waals surface area contributed by atoms with Gasteiger partial charge in [0.25, 0.3) is 5.69 Å². The number of hydrogen-bond donors (Lipinski definition) is 0. The van der Waals surface area contributed by atoms with Crippen molar-refractivity contribution in [3.63, 3.8) is 0 Å². The number of rotatable bonds is 2. The second kappa shape index (κ2) is 5.61. The normalized spacial score (nSPS) is 9.26. The van der Waals surface area contributed by atoms with Crippen molar-refractivity contribution in [1.82, 2.24) is 0 Å². The van der Waals surface area contributed by atoms with E-state index < -0.39 is 4.92 Å². The van der Waals surface area contributed by atoms with Crippen molar-refractivity contribution in [2.45, 2.75) is 0 Å². The van der Waals surface area contributed by atoms with E-state index in [1.165, 1.54) is 18.2 Å². The molecule has 0 aliphatic rings. The van der Waals surface area contributed by atoms with Gasteiger partial charge in [-0.05, 0) is 18.2 Å². The van der Waals surface area contributed by atoms with Crippen molar-refractivity contribution in [1.29, 1.82) is 0 Å². The predicted molar refractivity (Wildman–Crippen MR) is 70.9 cm³/mol. The molecule has 0 saturated heterocycles. The molecular formula is C15H9NO3. The molecule has 0 aliphatic heterocycles. The van der Waals surface area contributed by atoms with Gasteiger partial charge >= 0.3 is 0 Å².